The Hall–Kier alpha value is -2.14. The van der Waals surface area contributed by atoms with E-state index in [4.69, 9.17) is 11.6 Å². The van der Waals surface area contributed by atoms with Gasteiger partial charge in [-0.05, 0) is 24.6 Å². The molecule has 0 unspecified atom stereocenters. The molecule has 2 aromatic rings. The summed E-state index contributed by atoms with van der Waals surface area (Å²) in [7, 11) is 1.30. The van der Waals surface area contributed by atoms with E-state index in [2.05, 4.69) is 20.0 Å². The van der Waals surface area contributed by atoms with Crippen molar-refractivity contribution in [1.29, 1.82) is 0 Å². The number of aryl methyl sites for hydroxylation is 1. The first kappa shape index (κ1) is 14.3. The molecule has 0 saturated heterocycles. The molecule has 0 saturated carbocycles. The van der Waals surface area contributed by atoms with Gasteiger partial charge in [0.05, 0.1) is 7.11 Å². The second-order valence-electron chi connectivity index (χ2n) is 4.19. The number of ether oxygens (including phenoxy) is 1. The predicted octanol–water partition coefficient (Wildman–Crippen LogP) is 2.84. The fourth-order valence-electron chi connectivity index (χ4n) is 1.64. The smallest absolute Gasteiger partial charge is 0.376 e. The minimum Gasteiger partial charge on any atom is -0.463 e. The summed E-state index contributed by atoms with van der Waals surface area (Å²) in [5, 5.41) is 3.83. The number of rotatable bonds is 4. The van der Waals surface area contributed by atoms with Gasteiger partial charge in [-0.15, -0.1) is 0 Å². The zero-order valence-electron chi connectivity index (χ0n) is 11.2. The minimum absolute atomic E-state index is 0.0473. The van der Waals surface area contributed by atoms with Crippen molar-refractivity contribution in [2.75, 3.05) is 12.4 Å². The van der Waals surface area contributed by atoms with Crippen LogP contribution in [0.25, 0.3) is 0 Å². The van der Waals surface area contributed by atoms with E-state index in [-0.39, 0.29) is 5.82 Å². The summed E-state index contributed by atoms with van der Waals surface area (Å²) in [6.45, 7) is 2.37. The first-order valence-electron chi connectivity index (χ1n) is 6.01. The van der Waals surface area contributed by atoms with E-state index in [0.29, 0.717) is 23.1 Å². The molecule has 1 heterocycles. The molecule has 0 spiro atoms. The Morgan fingerprint density at radius 3 is 2.65 bits per heavy atom. The molecule has 0 fully saturated rings. The molecule has 5 nitrogen and oxygen atoms in total. The van der Waals surface area contributed by atoms with Crippen LogP contribution in [-0.4, -0.2) is 23.0 Å². The standard InChI is InChI=1S/C14H14ClN3O2/c1-9-7-12(18-13(17-9)14(19)20-2)16-8-10-3-5-11(15)6-4-10/h3-7H,8H2,1-2H3,(H,16,17,18). The summed E-state index contributed by atoms with van der Waals surface area (Å²) < 4.78 is 4.62. The second-order valence-corrected chi connectivity index (χ2v) is 4.63. The Balaban J connectivity index is 2.11. The molecule has 0 atom stereocenters. The van der Waals surface area contributed by atoms with E-state index >= 15 is 0 Å². The summed E-state index contributed by atoms with van der Waals surface area (Å²) in [6.07, 6.45) is 0. The molecular formula is C14H14ClN3O2. The molecule has 0 aliphatic heterocycles. The van der Waals surface area contributed by atoms with Crippen LogP contribution in [0.4, 0.5) is 5.82 Å². The molecule has 1 aromatic carbocycles. The Kier molecular flexibility index (Phi) is 4.53. The van der Waals surface area contributed by atoms with Crippen molar-refractivity contribution < 1.29 is 9.53 Å². The van der Waals surface area contributed by atoms with E-state index in [1.54, 1.807) is 13.0 Å². The van der Waals surface area contributed by atoms with Crippen LogP contribution in [0.2, 0.25) is 5.02 Å². The van der Waals surface area contributed by atoms with Crippen molar-refractivity contribution in [3.8, 4) is 0 Å². The van der Waals surface area contributed by atoms with E-state index < -0.39 is 5.97 Å². The third kappa shape index (κ3) is 3.68. The fourth-order valence-corrected chi connectivity index (χ4v) is 1.76. The lowest BCUT2D eigenvalue weighted by Crippen LogP contribution is -2.11. The number of hydrogen-bond acceptors (Lipinski definition) is 5. The normalized spacial score (nSPS) is 10.2. The van der Waals surface area contributed by atoms with E-state index in [0.717, 1.165) is 5.56 Å². The summed E-state index contributed by atoms with van der Waals surface area (Å²) in [4.78, 5) is 19.6. The van der Waals surface area contributed by atoms with Gasteiger partial charge in [-0.25, -0.2) is 14.8 Å². The largest absolute Gasteiger partial charge is 0.463 e. The number of anilines is 1. The van der Waals surface area contributed by atoms with Gasteiger partial charge >= 0.3 is 5.97 Å². The number of methoxy groups -OCH3 is 1. The number of nitrogens with zero attached hydrogens (tertiary/aromatic N) is 2. The Labute approximate surface area is 122 Å². The monoisotopic (exact) mass is 291 g/mol. The van der Waals surface area contributed by atoms with Crippen LogP contribution in [0, 0.1) is 6.92 Å². The number of esters is 1. The van der Waals surface area contributed by atoms with E-state index in [9.17, 15) is 4.79 Å². The highest BCUT2D eigenvalue weighted by Gasteiger charge is 2.11. The average molecular weight is 292 g/mol. The van der Waals surface area contributed by atoms with Gasteiger partial charge in [0.25, 0.3) is 0 Å². The summed E-state index contributed by atoms with van der Waals surface area (Å²) >= 11 is 5.83. The maximum Gasteiger partial charge on any atom is 0.376 e. The van der Waals surface area contributed by atoms with Crippen LogP contribution in [0.15, 0.2) is 30.3 Å². The number of carbonyl (C=O) groups excluding carboxylic acids is 1. The lowest BCUT2D eigenvalue weighted by atomic mass is 10.2. The third-order valence-corrected chi connectivity index (χ3v) is 2.86. The highest BCUT2D eigenvalue weighted by atomic mass is 35.5. The zero-order valence-corrected chi connectivity index (χ0v) is 11.9. The maximum absolute atomic E-state index is 11.4. The van der Waals surface area contributed by atoms with Crippen molar-refractivity contribution >= 4 is 23.4 Å². The molecule has 2 rings (SSSR count). The number of hydrogen-bond donors (Lipinski definition) is 1. The number of aromatic nitrogens is 2. The molecular weight excluding hydrogens is 278 g/mol. The van der Waals surface area contributed by atoms with Crippen molar-refractivity contribution in [3.05, 3.63) is 52.4 Å². The Morgan fingerprint density at radius 1 is 1.30 bits per heavy atom. The van der Waals surface area contributed by atoms with Crippen LogP contribution in [0.1, 0.15) is 21.9 Å². The van der Waals surface area contributed by atoms with Crippen molar-refractivity contribution in [2.45, 2.75) is 13.5 Å². The average Bonchev–Trinajstić information content (AvgIpc) is 2.45. The van der Waals surface area contributed by atoms with Crippen LogP contribution >= 0.6 is 11.6 Å². The van der Waals surface area contributed by atoms with Gasteiger partial charge in [0.1, 0.15) is 5.82 Å². The van der Waals surface area contributed by atoms with Crippen LogP contribution in [-0.2, 0) is 11.3 Å². The van der Waals surface area contributed by atoms with Gasteiger partial charge < -0.3 is 10.1 Å². The molecule has 104 valence electrons. The fraction of sp³-hybridized carbons (Fsp3) is 0.214. The molecule has 1 aromatic heterocycles. The second kappa shape index (κ2) is 6.34. The van der Waals surface area contributed by atoms with Gasteiger partial charge in [0.2, 0.25) is 5.82 Å². The van der Waals surface area contributed by atoms with E-state index in [1.165, 1.54) is 7.11 Å². The van der Waals surface area contributed by atoms with Gasteiger partial charge in [0, 0.05) is 23.3 Å². The maximum atomic E-state index is 11.4. The lowest BCUT2D eigenvalue weighted by Gasteiger charge is -2.08. The van der Waals surface area contributed by atoms with Gasteiger partial charge in [0.15, 0.2) is 0 Å². The molecule has 1 N–H and O–H groups in total. The summed E-state index contributed by atoms with van der Waals surface area (Å²) in [6, 6.07) is 9.25. The van der Waals surface area contributed by atoms with Crippen molar-refractivity contribution in [3.63, 3.8) is 0 Å². The quantitative estimate of drug-likeness (QED) is 0.878. The number of halogens is 1. The predicted molar refractivity (Wildman–Crippen MR) is 76.9 cm³/mol. The highest BCUT2D eigenvalue weighted by molar-refractivity contribution is 6.30. The SMILES string of the molecule is COC(=O)c1nc(C)cc(NCc2ccc(Cl)cc2)n1. The highest BCUT2D eigenvalue weighted by Crippen LogP contribution is 2.12. The number of benzene rings is 1. The molecule has 20 heavy (non-hydrogen) atoms. The van der Waals surface area contributed by atoms with Crippen molar-refractivity contribution in [2.24, 2.45) is 0 Å². The Morgan fingerprint density at radius 2 is 2.00 bits per heavy atom. The lowest BCUT2D eigenvalue weighted by molar-refractivity contribution is 0.0586. The van der Waals surface area contributed by atoms with Crippen LogP contribution < -0.4 is 5.32 Å². The topological polar surface area (TPSA) is 64.1 Å². The first-order chi connectivity index (χ1) is 9.58. The Bertz CT molecular complexity index is 614. The molecule has 0 aliphatic carbocycles. The first-order valence-corrected chi connectivity index (χ1v) is 6.38. The summed E-state index contributed by atoms with van der Waals surface area (Å²) in [5.41, 5.74) is 1.75. The summed E-state index contributed by atoms with van der Waals surface area (Å²) in [5.74, 6) is 0.0715. The number of nitrogens with one attached hydrogen (secondary N) is 1. The number of carbonyl (C=O) groups is 1. The van der Waals surface area contributed by atoms with Gasteiger partial charge in [-0.2, -0.15) is 0 Å². The van der Waals surface area contributed by atoms with Crippen molar-refractivity contribution in [1.82, 2.24) is 9.97 Å². The minimum atomic E-state index is -0.553. The van der Waals surface area contributed by atoms with Crippen LogP contribution in [0.5, 0.6) is 0 Å². The third-order valence-electron chi connectivity index (χ3n) is 2.61. The van der Waals surface area contributed by atoms with Crippen LogP contribution in [0.3, 0.4) is 0 Å². The van der Waals surface area contributed by atoms with Gasteiger partial charge in [-0.3, -0.25) is 0 Å². The molecule has 0 aliphatic rings. The molecule has 0 radical (unpaired) electrons. The molecule has 0 bridgehead atoms. The molecule has 0 amide bonds. The zero-order chi connectivity index (χ0) is 14.5. The van der Waals surface area contributed by atoms with E-state index in [1.807, 2.05) is 24.3 Å². The molecule has 6 heteroatoms. The van der Waals surface area contributed by atoms with Gasteiger partial charge in [-0.1, -0.05) is 23.7 Å².